The average Bonchev–Trinajstić information content (AvgIpc) is 2.79. The summed E-state index contributed by atoms with van der Waals surface area (Å²) in [5, 5.41) is 16.6. The first-order valence-corrected chi connectivity index (χ1v) is 8.28. The molecule has 0 aliphatic carbocycles. The standard InChI is InChI=1S/C14H16FN3O3S/c1-8-14(9(2)17-16-8)22(20,21)18-6-5-13(19)11-7-10(15)3-4-12(11)18/h3-4,7,13,19H,5-6H2,1-2H3,(H,16,17). The van der Waals surface area contributed by atoms with Gasteiger partial charge in [-0.25, -0.2) is 12.8 Å². The maximum Gasteiger partial charge on any atom is 0.267 e. The zero-order valence-corrected chi connectivity index (χ0v) is 13.0. The summed E-state index contributed by atoms with van der Waals surface area (Å²) in [5.74, 6) is -0.507. The Kier molecular flexibility index (Phi) is 3.45. The quantitative estimate of drug-likeness (QED) is 0.881. The van der Waals surface area contributed by atoms with Crippen LogP contribution in [0.25, 0.3) is 0 Å². The molecule has 2 aromatic rings. The Labute approximate surface area is 127 Å². The number of halogens is 1. The number of nitrogens with zero attached hydrogens (tertiary/aromatic N) is 2. The fourth-order valence-corrected chi connectivity index (χ4v) is 4.66. The number of hydrogen-bond donors (Lipinski definition) is 2. The summed E-state index contributed by atoms with van der Waals surface area (Å²) in [6.07, 6.45) is -0.658. The molecule has 0 fully saturated rings. The number of aliphatic hydroxyl groups is 1. The van der Waals surface area contributed by atoms with Crippen molar-refractivity contribution < 1.29 is 17.9 Å². The Hall–Kier alpha value is -1.93. The van der Waals surface area contributed by atoms with E-state index in [4.69, 9.17) is 0 Å². The first-order valence-electron chi connectivity index (χ1n) is 6.84. The van der Waals surface area contributed by atoms with E-state index in [2.05, 4.69) is 10.2 Å². The van der Waals surface area contributed by atoms with E-state index in [0.29, 0.717) is 17.1 Å². The maximum absolute atomic E-state index is 13.4. The summed E-state index contributed by atoms with van der Waals surface area (Å²) in [6.45, 7) is 3.38. The molecule has 1 atom stereocenters. The van der Waals surface area contributed by atoms with Crippen LogP contribution >= 0.6 is 0 Å². The topological polar surface area (TPSA) is 86.3 Å². The molecular weight excluding hydrogens is 309 g/mol. The molecule has 0 amide bonds. The van der Waals surface area contributed by atoms with Crippen LogP contribution in [0.2, 0.25) is 0 Å². The minimum Gasteiger partial charge on any atom is -0.388 e. The molecule has 8 heteroatoms. The molecule has 118 valence electrons. The normalized spacial score (nSPS) is 18.4. The van der Waals surface area contributed by atoms with E-state index in [9.17, 15) is 17.9 Å². The third kappa shape index (κ3) is 2.19. The van der Waals surface area contributed by atoms with Gasteiger partial charge in [-0.2, -0.15) is 5.10 Å². The molecule has 0 saturated heterocycles. The van der Waals surface area contributed by atoms with Crippen LogP contribution in [0.15, 0.2) is 23.1 Å². The third-order valence-electron chi connectivity index (χ3n) is 3.83. The molecule has 2 heterocycles. The summed E-state index contributed by atoms with van der Waals surface area (Å²) in [4.78, 5) is 0.124. The lowest BCUT2D eigenvalue weighted by atomic mass is 10.0. The number of aromatic nitrogens is 2. The lowest BCUT2D eigenvalue weighted by Crippen LogP contribution is -2.37. The highest BCUT2D eigenvalue weighted by Crippen LogP contribution is 2.38. The number of H-pyrrole nitrogens is 1. The van der Waals surface area contributed by atoms with Gasteiger partial charge in [-0.1, -0.05) is 0 Å². The molecule has 2 N–H and O–H groups in total. The molecule has 1 aliphatic heterocycles. The molecule has 0 bridgehead atoms. The predicted molar refractivity (Wildman–Crippen MR) is 78.6 cm³/mol. The lowest BCUT2D eigenvalue weighted by molar-refractivity contribution is 0.166. The van der Waals surface area contributed by atoms with Crippen molar-refractivity contribution in [2.24, 2.45) is 0 Å². The largest absolute Gasteiger partial charge is 0.388 e. The first kappa shape index (κ1) is 15.0. The summed E-state index contributed by atoms with van der Waals surface area (Å²) in [6, 6.07) is 3.75. The van der Waals surface area contributed by atoms with Crippen molar-refractivity contribution in [3.05, 3.63) is 41.0 Å². The van der Waals surface area contributed by atoms with Gasteiger partial charge in [-0.05, 0) is 38.5 Å². The second-order valence-corrected chi connectivity index (χ2v) is 7.15. The Balaban J connectivity index is 2.16. The lowest BCUT2D eigenvalue weighted by Gasteiger charge is -2.33. The van der Waals surface area contributed by atoms with Crippen LogP contribution in [0, 0.1) is 19.7 Å². The summed E-state index contributed by atoms with van der Waals surface area (Å²) in [5.41, 5.74) is 1.42. The van der Waals surface area contributed by atoms with Crippen LogP contribution in [-0.4, -0.2) is 30.3 Å². The van der Waals surface area contributed by atoms with Crippen molar-refractivity contribution >= 4 is 15.7 Å². The minimum atomic E-state index is -3.82. The fourth-order valence-electron chi connectivity index (χ4n) is 2.82. The predicted octanol–water partition coefficient (Wildman–Crippen LogP) is 1.80. The van der Waals surface area contributed by atoms with Crippen molar-refractivity contribution in [2.45, 2.75) is 31.3 Å². The highest BCUT2D eigenvalue weighted by atomic mass is 32.2. The second kappa shape index (κ2) is 5.06. The summed E-state index contributed by atoms with van der Waals surface area (Å²) < 4.78 is 40.5. The number of benzene rings is 1. The van der Waals surface area contributed by atoms with Gasteiger partial charge in [0.2, 0.25) is 0 Å². The number of anilines is 1. The van der Waals surface area contributed by atoms with Gasteiger partial charge in [-0.15, -0.1) is 0 Å². The molecule has 0 saturated carbocycles. The number of hydrogen-bond acceptors (Lipinski definition) is 4. The van der Waals surface area contributed by atoms with Crippen molar-refractivity contribution in [3.63, 3.8) is 0 Å². The van der Waals surface area contributed by atoms with Crippen molar-refractivity contribution in [1.82, 2.24) is 10.2 Å². The molecule has 22 heavy (non-hydrogen) atoms. The van der Waals surface area contributed by atoms with E-state index in [1.54, 1.807) is 13.8 Å². The molecule has 1 aliphatic rings. The molecule has 6 nitrogen and oxygen atoms in total. The Morgan fingerprint density at radius 3 is 2.77 bits per heavy atom. The molecule has 1 aromatic heterocycles. The van der Waals surface area contributed by atoms with Gasteiger partial charge < -0.3 is 5.11 Å². The van der Waals surface area contributed by atoms with Crippen molar-refractivity contribution in [1.29, 1.82) is 0 Å². The number of sulfonamides is 1. The number of rotatable bonds is 2. The van der Waals surface area contributed by atoms with Gasteiger partial charge in [0.15, 0.2) is 0 Å². The minimum absolute atomic E-state index is 0.124. The maximum atomic E-state index is 13.4. The Bertz CT molecular complexity index is 812. The molecule has 1 unspecified atom stereocenters. The first-order chi connectivity index (χ1) is 10.3. The van der Waals surface area contributed by atoms with Crippen LogP contribution in [0.3, 0.4) is 0 Å². The molecular formula is C14H16FN3O3S. The second-order valence-electron chi connectivity index (χ2n) is 5.35. The Morgan fingerprint density at radius 2 is 2.14 bits per heavy atom. The van der Waals surface area contributed by atoms with Gasteiger partial charge in [0, 0.05) is 12.1 Å². The van der Waals surface area contributed by atoms with Crippen LogP contribution < -0.4 is 4.31 Å². The number of aromatic amines is 1. The van der Waals surface area contributed by atoms with E-state index in [1.807, 2.05) is 0 Å². The van der Waals surface area contributed by atoms with Gasteiger partial charge in [0.05, 0.1) is 23.2 Å². The van der Waals surface area contributed by atoms with Gasteiger partial charge >= 0.3 is 0 Å². The number of aryl methyl sites for hydroxylation is 2. The van der Waals surface area contributed by atoms with Crippen molar-refractivity contribution in [3.8, 4) is 0 Å². The van der Waals surface area contributed by atoms with E-state index >= 15 is 0 Å². The number of aliphatic hydroxyl groups excluding tert-OH is 1. The van der Waals surface area contributed by atoms with E-state index in [1.165, 1.54) is 22.5 Å². The van der Waals surface area contributed by atoms with Crippen LogP contribution in [0.4, 0.5) is 10.1 Å². The SMILES string of the molecule is Cc1n[nH]c(C)c1S(=O)(=O)N1CCC(O)c2cc(F)ccc21. The Morgan fingerprint density at radius 1 is 1.41 bits per heavy atom. The summed E-state index contributed by atoms with van der Waals surface area (Å²) >= 11 is 0. The van der Waals surface area contributed by atoms with Crippen LogP contribution in [0.5, 0.6) is 0 Å². The van der Waals surface area contributed by atoms with E-state index in [0.717, 1.165) is 0 Å². The monoisotopic (exact) mass is 325 g/mol. The smallest absolute Gasteiger partial charge is 0.267 e. The average molecular weight is 325 g/mol. The molecule has 1 aromatic carbocycles. The molecule has 0 spiro atoms. The highest BCUT2D eigenvalue weighted by molar-refractivity contribution is 7.93. The molecule has 0 radical (unpaired) electrons. The highest BCUT2D eigenvalue weighted by Gasteiger charge is 2.35. The van der Waals surface area contributed by atoms with E-state index in [-0.39, 0.29) is 23.4 Å². The van der Waals surface area contributed by atoms with Crippen LogP contribution in [-0.2, 0) is 10.0 Å². The zero-order valence-electron chi connectivity index (χ0n) is 12.2. The number of fused-ring (bicyclic) bond motifs is 1. The van der Waals surface area contributed by atoms with Crippen molar-refractivity contribution in [2.75, 3.05) is 10.8 Å². The fraction of sp³-hybridized carbons (Fsp3) is 0.357. The third-order valence-corrected chi connectivity index (χ3v) is 5.91. The number of nitrogens with one attached hydrogen (secondary N) is 1. The van der Waals surface area contributed by atoms with E-state index < -0.39 is 21.9 Å². The molecule has 3 rings (SSSR count). The van der Waals surface area contributed by atoms with Gasteiger partial charge in [0.1, 0.15) is 10.7 Å². The van der Waals surface area contributed by atoms with Gasteiger partial charge in [-0.3, -0.25) is 9.40 Å². The van der Waals surface area contributed by atoms with Crippen LogP contribution in [0.1, 0.15) is 29.5 Å². The summed E-state index contributed by atoms with van der Waals surface area (Å²) in [7, 11) is -3.82. The van der Waals surface area contributed by atoms with Gasteiger partial charge in [0.25, 0.3) is 10.0 Å². The zero-order chi connectivity index (χ0) is 16.1.